The Morgan fingerprint density at radius 2 is 2.25 bits per heavy atom. The third-order valence-corrected chi connectivity index (χ3v) is 0.698. The van der Waals surface area contributed by atoms with E-state index in [4.69, 9.17) is 11.6 Å². The SMILES string of the molecule is FCC(F)COCCl. The first-order valence-corrected chi connectivity index (χ1v) is 2.68. The minimum Gasteiger partial charge on any atom is -0.363 e. The minimum absolute atomic E-state index is 0.0829. The molecule has 0 N–H and O–H groups in total. The molecule has 1 atom stereocenters. The van der Waals surface area contributed by atoms with Gasteiger partial charge in [0.1, 0.15) is 12.7 Å². The lowest BCUT2D eigenvalue weighted by Crippen LogP contribution is -2.11. The molecule has 0 saturated carbocycles. The predicted molar refractivity (Wildman–Crippen MR) is 27.5 cm³/mol. The topological polar surface area (TPSA) is 9.23 Å². The van der Waals surface area contributed by atoms with Crippen LogP contribution in [-0.4, -0.2) is 25.5 Å². The summed E-state index contributed by atoms with van der Waals surface area (Å²) in [4.78, 5) is 0. The van der Waals surface area contributed by atoms with E-state index in [0.29, 0.717) is 0 Å². The zero-order valence-electron chi connectivity index (χ0n) is 4.24. The van der Waals surface area contributed by atoms with E-state index in [2.05, 4.69) is 4.74 Å². The van der Waals surface area contributed by atoms with Gasteiger partial charge in [-0.15, -0.1) is 0 Å². The van der Waals surface area contributed by atoms with E-state index >= 15 is 0 Å². The molecule has 0 aliphatic heterocycles. The highest BCUT2D eigenvalue weighted by Crippen LogP contribution is 1.92. The Morgan fingerprint density at radius 1 is 1.62 bits per heavy atom. The Balaban J connectivity index is 2.86. The number of rotatable bonds is 4. The van der Waals surface area contributed by atoms with Gasteiger partial charge in [-0.2, -0.15) is 0 Å². The molecule has 1 nitrogen and oxygen atoms in total. The van der Waals surface area contributed by atoms with Crippen molar-refractivity contribution >= 4 is 11.6 Å². The van der Waals surface area contributed by atoms with Gasteiger partial charge < -0.3 is 4.74 Å². The largest absolute Gasteiger partial charge is 0.363 e. The van der Waals surface area contributed by atoms with Crippen molar-refractivity contribution in [3.63, 3.8) is 0 Å². The Labute approximate surface area is 51.6 Å². The molecule has 0 aromatic heterocycles. The standard InChI is InChI=1S/C4H7ClF2O/c5-3-8-2-4(7)1-6/h4H,1-3H2. The first-order valence-electron chi connectivity index (χ1n) is 2.15. The molecular formula is C4H7ClF2O. The lowest BCUT2D eigenvalue weighted by molar-refractivity contribution is 0.0962. The highest BCUT2D eigenvalue weighted by molar-refractivity contribution is 6.17. The zero-order valence-corrected chi connectivity index (χ0v) is 5.00. The fourth-order valence-corrected chi connectivity index (χ4v) is 0.306. The Morgan fingerprint density at radius 3 is 2.62 bits per heavy atom. The van der Waals surface area contributed by atoms with Crippen LogP contribution in [0.3, 0.4) is 0 Å². The molecule has 0 amide bonds. The third-order valence-electron chi connectivity index (χ3n) is 0.543. The first-order chi connectivity index (χ1) is 3.81. The monoisotopic (exact) mass is 144 g/mol. The van der Waals surface area contributed by atoms with E-state index in [9.17, 15) is 8.78 Å². The maximum absolute atomic E-state index is 11.8. The number of alkyl halides is 3. The third kappa shape index (κ3) is 4.27. The summed E-state index contributed by atoms with van der Waals surface area (Å²) in [5, 5.41) is 0. The summed E-state index contributed by atoms with van der Waals surface area (Å²) in [7, 11) is 0. The van der Waals surface area contributed by atoms with E-state index in [1.54, 1.807) is 0 Å². The average molecular weight is 145 g/mol. The fraction of sp³-hybridized carbons (Fsp3) is 1.00. The molecule has 0 fully saturated rings. The van der Waals surface area contributed by atoms with Crippen molar-refractivity contribution in [2.45, 2.75) is 6.17 Å². The van der Waals surface area contributed by atoms with E-state index in [0.717, 1.165) is 0 Å². The minimum atomic E-state index is -1.52. The molecule has 50 valence electrons. The molecular weight excluding hydrogens is 137 g/mol. The summed E-state index contributed by atoms with van der Waals surface area (Å²) < 4.78 is 27.3. The second-order valence-corrected chi connectivity index (χ2v) is 1.45. The van der Waals surface area contributed by atoms with Crippen LogP contribution in [0.4, 0.5) is 8.78 Å². The van der Waals surface area contributed by atoms with Gasteiger partial charge in [-0.1, -0.05) is 11.6 Å². The summed E-state index contributed by atoms with van der Waals surface area (Å²) >= 11 is 4.99. The zero-order chi connectivity index (χ0) is 6.41. The summed E-state index contributed by atoms with van der Waals surface area (Å²) in [6, 6.07) is -0.0829. The molecule has 0 saturated heterocycles. The maximum atomic E-state index is 11.8. The molecule has 0 aromatic rings. The van der Waals surface area contributed by atoms with Gasteiger partial charge in [-0.05, 0) is 0 Å². The van der Waals surface area contributed by atoms with E-state index in [1.807, 2.05) is 0 Å². The summed E-state index contributed by atoms with van der Waals surface area (Å²) in [5.41, 5.74) is 0. The van der Waals surface area contributed by atoms with E-state index < -0.39 is 12.8 Å². The van der Waals surface area contributed by atoms with Crippen molar-refractivity contribution in [2.24, 2.45) is 0 Å². The molecule has 0 heterocycles. The molecule has 4 heteroatoms. The Hall–Kier alpha value is 0.110. The van der Waals surface area contributed by atoms with Gasteiger partial charge in [0.25, 0.3) is 0 Å². The fourth-order valence-electron chi connectivity index (χ4n) is 0.217. The van der Waals surface area contributed by atoms with Crippen LogP contribution in [0, 0.1) is 0 Å². The van der Waals surface area contributed by atoms with Gasteiger partial charge in [0.2, 0.25) is 0 Å². The summed E-state index contributed by atoms with van der Waals surface area (Å²) in [6.45, 7) is -1.25. The number of hydrogen-bond donors (Lipinski definition) is 0. The molecule has 0 rings (SSSR count). The Bertz CT molecular complexity index is 53.3. The Kier molecular flexibility index (Phi) is 5.32. The second kappa shape index (κ2) is 5.25. The van der Waals surface area contributed by atoms with Crippen LogP contribution in [0.5, 0.6) is 0 Å². The summed E-state index contributed by atoms with van der Waals surface area (Å²) in [5.74, 6) is 0. The summed E-state index contributed by atoms with van der Waals surface area (Å²) in [6.07, 6.45) is -1.52. The van der Waals surface area contributed by atoms with Gasteiger partial charge in [-0.25, -0.2) is 8.78 Å². The lowest BCUT2D eigenvalue weighted by atomic mass is 10.5. The smallest absolute Gasteiger partial charge is 0.152 e. The second-order valence-electron chi connectivity index (χ2n) is 1.23. The number of halogens is 3. The molecule has 0 spiro atoms. The van der Waals surface area contributed by atoms with E-state index in [-0.39, 0.29) is 12.7 Å². The van der Waals surface area contributed by atoms with Crippen LogP contribution >= 0.6 is 11.6 Å². The normalized spacial score (nSPS) is 13.9. The molecule has 1 unspecified atom stereocenters. The predicted octanol–water partition coefficient (Wildman–Crippen LogP) is 1.51. The quantitative estimate of drug-likeness (QED) is 0.544. The lowest BCUT2D eigenvalue weighted by Gasteiger charge is -1.99. The molecule has 0 aromatic carbocycles. The van der Waals surface area contributed by atoms with Crippen LogP contribution in [-0.2, 0) is 4.74 Å². The van der Waals surface area contributed by atoms with E-state index in [1.165, 1.54) is 0 Å². The van der Waals surface area contributed by atoms with Gasteiger partial charge in [-0.3, -0.25) is 0 Å². The van der Waals surface area contributed by atoms with Crippen molar-refractivity contribution in [3.05, 3.63) is 0 Å². The van der Waals surface area contributed by atoms with Crippen LogP contribution in [0.1, 0.15) is 0 Å². The highest BCUT2D eigenvalue weighted by atomic mass is 35.5. The number of hydrogen-bond acceptors (Lipinski definition) is 1. The van der Waals surface area contributed by atoms with Gasteiger partial charge in [0.15, 0.2) is 6.17 Å². The molecule has 0 bridgehead atoms. The average Bonchev–Trinajstić information content (AvgIpc) is 1.83. The number of ether oxygens (including phenoxy) is 1. The van der Waals surface area contributed by atoms with Crippen LogP contribution in [0.2, 0.25) is 0 Å². The molecule has 0 radical (unpaired) electrons. The van der Waals surface area contributed by atoms with Gasteiger partial charge in [0.05, 0.1) is 6.61 Å². The van der Waals surface area contributed by atoms with Crippen molar-refractivity contribution in [1.29, 1.82) is 0 Å². The molecule has 8 heavy (non-hydrogen) atoms. The van der Waals surface area contributed by atoms with Gasteiger partial charge in [0, 0.05) is 0 Å². The molecule has 0 aliphatic carbocycles. The van der Waals surface area contributed by atoms with Crippen molar-refractivity contribution in [1.82, 2.24) is 0 Å². The van der Waals surface area contributed by atoms with Crippen molar-refractivity contribution in [3.8, 4) is 0 Å². The van der Waals surface area contributed by atoms with Crippen LogP contribution in [0.15, 0.2) is 0 Å². The maximum Gasteiger partial charge on any atom is 0.152 e. The van der Waals surface area contributed by atoms with Crippen molar-refractivity contribution in [2.75, 3.05) is 19.3 Å². The van der Waals surface area contributed by atoms with Gasteiger partial charge >= 0.3 is 0 Å². The van der Waals surface area contributed by atoms with Crippen LogP contribution < -0.4 is 0 Å². The molecule has 0 aliphatic rings. The highest BCUT2D eigenvalue weighted by Gasteiger charge is 2.03. The van der Waals surface area contributed by atoms with Crippen LogP contribution in [0.25, 0.3) is 0 Å². The first kappa shape index (κ1) is 8.11. The van der Waals surface area contributed by atoms with Crippen molar-refractivity contribution < 1.29 is 13.5 Å².